The van der Waals surface area contributed by atoms with Crippen molar-refractivity contribution >= 4 is 15.0 Å². The third-order valence-corrected chi connectivity index (χ3v) is 0.336. The molecule has 1 atom stereocenters. The van der Waals surface area contributed by atoms with Crippen LogP contribution in [-0.2, 0) is 4.74 Å². The van der Waals surface area contributed by atoms with Crippen LogP contribution in [0.3, 0.4) is 0 Å². The molecular formula is C3H5O2P. The van der Waals surface area contributed by atoms with Gasteiger partial charge in [-0.05, 0) is 9.24 Å². The van der Waals surface area contributed by atoms with E-state index in [1.54, 1.807) is 0 Å². The summed E-state index contributed by atoms with van der Waals surface area (Å²) in [6, 6.07) is 0. The standard InChI is InChI=1S/C3H5O2P/c1-2-5-3(4)6/h2H,1,6H2. The highest BCUT2D eigenvalue weighted by molar-refractivity contribution is 7.39. The fourth-order valence-electron chi connectivity index (χ4n) is 0.0821. The highest BCUT2D eigenvalue weighted by Gasteiger charge is 1.79. The molecule has 0 saturated heterocycles. The Kier molecular flexibility index (Phi) is 2.68. The van der Waals surface area contributed by atoms with Crippen molar-refractivity contribution < 1.29 is 9.53 Å². The van der Waals surface area contributed by atoms with Crippen LogP contribution >= 0.6 is 9.24 Å². The van der Waals surface area contributed by atoms with Gasteiger partial charge in [0.25, 0.3) is 0 Å². The van der Waals surface area contributed by atoms with Gasteiger partial charge >= 0.3 is 5.71 Å². The van der Waals surface area contributed by atoms with Crippen molar-refractivity contribution in [3.05, 3.63) is 12.8 Å². The fourth-order valence-corrected chi connectivity index (χ4v) is 0.178. The van der Waals surface area contributed by atoms with Crippen LogP contribution in [0.25, 0.3) is 0 Å². The molecule has 0 bridgehead atoms. The van der Waals surface area contributed by atoms with Crippen LogP contribution in [0.5, 0.6) is 0 Å². The van der Waals surface area contributed by atoms with Gasteiger partial charge in [-0.25, -0.2) is 4.79 Å². The monoisotopic (exact) mass is 104 g/mol. The third kappa shape index (κ3) is 3.64. The van der Waals surface area contributed by atoms with Gasteiger partial charge in [0, 0.05) is 0 Å². The lowest BCUT2D eigenvalue weighted by atomic mass is 11.1. The summed E-state index contributed by atoms with van der Waals surface area (Å²) in [5, 5.41) is 0. The summed E-state index contributed by atoms with van der Waals surface area (Å²) >= 11 is 0. The van der Waals surface area contributed by atoms with Crippen LogP contribution in [0, 0.1) is 0 Å². The third-order valence-electron chi connectivity index (χ3n) is 0.199. The summed E-state index contributed by atoms with van der Waals surface area (Å²) in [4.78, 5) is 9.71. The van der Waals surface area contributed by atoms with Gasteiger partial charge in [0.05, 0.1) is 6.26 Å². The summed E-state index contributed by atoms with van der Waals surface area (Å²) < 4.78 is 4.13. The molecule has 3 heteroatoms. The first-order valence-corrected chi connectivity index (χ1v) is 1.92. The lowest BCUT2D eigenvalue weighted by Crippen LogP contribution is -1.78. The van der Waals surface area contributed by atoms with Gasteiger partial charge in [0.1, 0.15) is 0 Å². The molecule has 0 aromatic heterocycles. The first kappa shape index (κ1) is 5.64. The van der Waals surface area contributed by atoms with E-state index < -0.39 is 5.71 Å². The van der Waals surface area contributed by atoms with E-state index in [2.05, 4.69) is 11.3 Å². The van der Waals surface area contributed by atoms with Crippen molar-refractivity contribution in [3.63, 3.8) is 0 Å². The zero-order valence-electron chi connectivity index (χ0n) is 3.18. The lowest BCUT2D eigenvalue weighted by Gasteiger charge is -1.83. The van der Waals surface area contributed by atoms with Crippen LogP contribution in [0.15, 0.2) is 12.8 Å². The number of rotatable bonds is 1. The first-order chi connectivity index (χ1) is 2.77. The lowest BCUT2D eigenvalue weighted by molar-refractivity contribution is 0.214. The van der Waals surface area contributed by atoms with Crippen LogP contribution in [0.1, 0.15) is 0 Å². The molecule has 1 unspecified atom stereocenters. The summed E-state index contributed by atoms with van der Waals surface area (Å²) in [6.07, 6.45) is 1.08. The average molecular weight is 104 g/mol. The van der Waals surface area contributed by atoms with Gasteiger partial charge in [-0.3, -0.25) is 0 Å². The second-order valence-corrected chi connectivity index (χ2v) is 1.07. The van der Waals surface area contributed by atoms with Gasteiger partial charge in [-0.15, -0.1) is 0 Å². The predicted octanol–water partition coefficient (Wildman–Crippen LogP) is 1.14. The van der Waals surface area contributed by atoms with Crippen molar-refractivity contribution in [3.8, 4) is 0 Å². The largest absolute Gasteiger partial charge is 0.432 e. The second-order valence-electron chi connectivity index (χ2n) is 0.604. The molecule has 0 aliphatic rings. The Hall–Kier alpha value is -0.360. The maximum absolute atomic E-state index is 9.71. The van der Waals surface area contributed by atoms with Crippen molar-refractivity contribution in [2.75, 3.05) is 0 Å². The number of ether oxygens (including phenoxy) is 1. The quantitative estimate of drug-likeness (QED) is 0.368. The molecule has 0 aliphatic heterocycles. The van der Waals surface area contributed by atoms with E-state index in [9.17, 15) is 4.79 Å². The molecule has 6 heavy (non-hydrogen) atoms. The minimum atomic E-state index is -0.412. The van der Waals surface area contributed by atoms with E-state index in [1.165, 1.54) is 0 Å². The molecule has 34 valence electrons. The molecule has 0 saturated carbocycles. The smallest absolute Gasteiger partial charge is 0.324 e. The summed E-state index contributed by atoms with van der Waals surface area (Å²) in [5.74, 6) is 0. The molecular weight excluding hydrogens is 99.0 g/mol. The molecule has 0 aliphatic carbocycles. The molecule has 0 aromatic rings. The SMILES string of the molecule is C=COC(=O)P. The molecule has 0 heterocycles. The van der Waals surface area contributed by atoms with Gasteiger partial charge in [-0.1, -0.05) is 6.58 Å². The first-order valence-electron chi connectivity index (χ1n) is 1.34. The number of hydrogen-bond acceptors (Lipinski definition) is 2. The van der Waals surface area contributed by atoms with E-state index in [0.717, 1.165) is 6.26 Å². The zero-order chi connectivity index (χ0) is 4.99. The zero-order valence-corrected chi connectivity index (χ0v) is 4.33. The topological polar surface area (TPSA) is 26.3 Å². The average Bonchev–Trinajstić information content (AvgIpc) is 1.35. The van der Waals surface area contributed by atoms with Crippen LogP contribution in [0.4, 0.5) is 4.79 Å². The molecule has 0 rings (SSSR count). The highest BCUT2D eigenvalue weighted by Crippen LogP contribution is 1.88. The Morgan fingerprint density at radius 1 is 2.00 bits per heavy atom. The number of carbonyl (C=O) groups is 1. The van der Waals surface area contributed by atoms with Gasteiger partial charge < -0.3 is 4.74 Å². The Morgan fingerprint density at radius 2 is 2.50 bits per heavy atom. The molecule has 0 radical (unpaired) electrons. The Bertz CT molecular complexity index is 69.2. The van der Waals surface area contributed by atoms with Crippen molar-refractivity contribution in [1.29, 1.82) is 0 Å². The Labute approximate surface area is 38.4 Å². The van der Waals surface area contributed by atoms with Gasteiger partial charge in [0.15, 0.2) is 0 Å². The van der Waals surface area contributed by atoms with E-state index in [-0.39, 0.29) is 0 Å². The molecule has 2 nitrogen and oxygen atoms in total. The molecule has 0 aromatic carbocycles. The molecule has 0 N–H and O–H groups in total. The highest BCUT2D eigenvalue weighted by atomic mass is 31.0. The van der Waals surface area contributed by atoms with Crippen molar-refractivity contribution in [2.45, 2.75) is 0 Å². The minimum Gasteiger partial charge on any atom is -0.432 e. The maximum Gasteiger partial charge on any atom is 0.324 e. The van der Waals surface area contributed by atoms with E-state index in [0.29, 0.717) is 0 Å². The van der Waals surface area contributed by atoms with Crippen molar-refractivity contribution in [1.82, 2.24) is 0 Å². The number of hydrogen-bond donors (Lipinski definition) is 0. The van der Waals surface area contributed by atoms with Gasteiger partial charge in [-0.2, -0.15) is 0 Å². The van der Waals surface area contributed by atoms with E-state index in [1.807, 2.05) is 9.24 Å². The Balaban J connectivity index is 3.05. The predicted molar refractivity (Wildman–Crippen MR) is 26.4 cm³/mol. The maximum atomic E-state index is 9.71. The summed E-state index contributed by atoms with van der Waals surface area (Å²) in [5.41, 5.74) is -0.412. The van der Waals surface area contributed by atoms with Crippen LogP contribution in [0.2, 0.25) is 0 Å². The molecule has 0 spiro atoms. The van der Waals surface area contributed by atoms with E-state index >= 15 is 0 Å². The van der Waals surface area contributed by atoms with Crippen LogP contribution in [-0.4, -0.2) is 5.71 Å². The van der Waals surface area contributed by atoms with E-state index in [4.69, 9.17) is 0 Å². The Morgan fingerprint density at radius 3 is 2.50 bits per heavy atom. The fraction of sp³-hybridized carbons (Fsp3) is 0. The van der Waals surface area contributed by atoms with Crippen molar-refractivity contribution in [2.24, 2.45) is 0 Å². The summed E-state index contributed by atoms with van der Waals surface area (Å²) in [7, 11) is 1.85. The molecule has 0 fully saturated rings. The van der Waals surface area contributed by atoms with Crippen LogP contribution < -0.4 is 0 Å². The second kappa shape index (κ2) is 2.86. The normalized spacial score (nSPS) is 6.83. The minimum absolute atomic E-state index is 0.412. The number of carbonyl (C=O) groups excluding carboxylic acids is 1. The summed E-state index contributed by atoms with van der Waals surface area (Å²) in [6.45, 7) is 3.14. The van der Waals surface area contributed by atoms with Gasteiger partial charge in [0.2, 0.25) is 0 Å². The molecule has 0 amide bonds.